The third kappa shape index (κ3) is 9.42. The number of hydrogen-bond donors (Lipinski definition) is 0. The lowest BCUT2D eigenvalue weighted by Gasteiger charge is -2.34. The van der Waals surface area contributed by atoms with Crippen LogP contribution in [0, 0.1) is 0 Å². The number of halogens is 1. The minimum atomic E-state index is -0.916. The van der Waals surface area contributed by atoms with Gasteiger partial charge in [-0.05, 0) is 6.42 Å². The fraction of sp³-hybridized carbons (Fsp3) is 0.923. The molecule has 0 aromatic heterocycles. The van der Waals surface area contributed by atoms with Crippen LogP contribution in [-0.2, 0) is 4.79 Å². The van der Waals surface area contributed by atoms with Crippen LogP contribution in [0.15, 0.2) is 0 Å². The Bertz CT molecular complexity index is 202. The second-order valence-electron chi connectivity index (χ2n) is 5.51. The number of unbranched alkanes of at least 4 members (excludes halogenated alkanes) is 5. The first-order chi connectivity index (χ1) is 7.39. The lowest BCUT2D eigenvalue weighted by atomic mass is 10.0. The van der Waals surface area contributed by atoms with Gasteiger partial charge >= 0.3 is 0 Å². The van der Waals surface area contributed by atoms with Crippen molar-refractivity contribution in [2.45, 2.75) is 57.9 Å². The number of likely N-dealkylation sites (N-methyl/N-ethyl adjacent to an activating group) is 1. The molecule has 0 heterocycles. The number of aliphatic carboxylic acids is 1. The number of quaternary nitrogens is 1. The molecule has 0 saturated carbocycles. The number of carbonyl (C=O) groups excluding carboxylic acids is 1. The summed E-state index contributed by atoms with van der Waals surface area (Å²) in [5.74, 6) is -0.916. The molecule has 0 amide bonds. The van der Waals surface area contributed by atoms with Gasteiger partial charge in [0, 0.05) is 6.42 Å². The Balaban J connectivity index is 0. The number of hydrogen-bond acceptors (Lipinski definition) is 2. The lowest BCUT2D eigenvalue weighted by Crippen LogP contribution is -2.54. The van der Waals surface area contributed by atoms with Gasteiger partial charge in [-0.1, -0.05) is 39.0 Å². The quantitative estimate of drug-likeness (QED) is 0.472. The van der Waals surface area contributed by atoms with Gasteiger partial charge in [0.05, 0.1) is 27.1 Å². The van der Waals surface area contributed by atoms with E-state index in [-0.39, 0.29) is 18.4 Å². The van der Waals surface area contributed by atoms with Crippen molar-refractivity contribution in [3.05, 3.63) is 0 Å². The molecule has 0 saturated heterocycles. The van der Waals surface area contributed by atoms with E-state index in [2.05, 4.69) is 6.92 Å². The molecule has 1 unspecified atom stereocenters. The molecule has 17 heavy (non-hydrogen) atoms. The molecule has 4 heteroatoms. The molecule has 3 nitrogen and oxygen atoms in total. The van der Waals surface area contributed by atoms with Gasteiger partial charge in [-0.3, -0.25) is 0 Å². The molecule has 0 spiro atoms. The van der Waals surface area contributed by atoms with Crippen LogP contribution in [0.25, 0.3) is 0 Å². The molecule has 0 aliphatic rings. The Morgan fingerprint density at radius 1 is 1.06 bits per heavy atom. The molecule has 0 radical (unpaired) electrons. The van der Waals surface area contributed by atoms with Crippen LogP contribution in [0.4, 0.5) is 0 Å². The van der Waals surface area contributed by atoms with Gasteiger partial charge in [-0.2, -0.15) is 0 Å². The maximum Gasteiger partial charge on any atom is 0.129 e. The van der Waals surface area contributed by atoms with Gasteiger partial charge in [-0.25, -0.2) is 0 Å². The van der Waals surface area contributed by atoms with Crippen molar-refractivity contribution in [1.29, 1.82) is 0 Å². The first kappa shape index (κ1) is 19.1. The Hall–Kier alpha value is -0.280. The van der Waals surface area contributed by atoms with E-state index in [1.54, 1.807) is 0 Å². The van der Waals surface area contributed by atoms with Crippen molar-refractivity contribution >= 4 is 18.4 Å². The SMILES string of the molecule is CCCCCCCCC(C(=O)[O-])[N+](C)(C)C.Cl. The highest BCUT2D eigenvalue weighted by Gasteiger charge is 2.24. The van der Waals surface area contributed by atoms with Crippen molar-refractivity contribution < 1.29 is 14.4 Å². The van der Waals surface area contributed by atoms with E-state index in [0.29, 0.717) is 4.48 Å². The monoisotopic (exact) mass is 265 g/mol. The summed E-state index contributed by atoms with van der Waals surface area (Å²) in [4.78, 5) is 11.0. The summed E-state index contributed by atoms with van der Waals surface area (Å²) in [7, 11) is 5.74. The topological polar surface area (TPSA) is 40.1 Å². The highest BCUT2D eigenvalue weighted by Crippen LogP contribution is 2.13. The van der Waals surface area contributed by atoms with Gasteiger partial charge < -0.3 is 14.4 Å². The second-order valence-corrected chi connectivity index (χ2v) is 5.51. The van der Waals surface area contributed by atoms with E-state index in [1.807, 2.05) is 21.1 Å². The average molecular weight is 266 g/mol. The minimum Gasteiger partial charge on any atom is -0.544 e. The predicted molar refractivity (Wildman–Crippen MR) is 72.1 cm³/mol. The third-order valence-electron chi connectivity index (χ3n) is 3.04. The molecule has 0 bridgehead atoms. The van der Waals surface area contributed by atoms with E-state index in [9.17, 15) is 9.90 Å². The lowest BCUT2D eigenvalue weighted by molar-refractivity contribution is -0.889. The van der Waals surface area contributed by atoms with Crippen LogP contribution >= 0.6 is 12.4 Å². The zero-order chi connectivity index (χ0) is 12.6. The Labute approximate surface area is 112 Å². The number of carboxylic acids is 1. The molecule has 0 aliphatic heterocycles. The molecular weight excluding hydrogens is 238 g/mol. The maximum absolute atomic E-state index is 11.0. The van der Waals surface area contributed by atoms with Crippen molar-refractivity contribution in [3.63, 3.8) is 0 Å². The number of rotatable bonds is 9. The van der Waals surface area contributed by atoms with Crippen LogP contribution in [0.3, 0.4) is 0 Å². The van der Waals surface area contributed by atoms with Crippen LogP contribution in [0.1, 0.15) is 51.9 Å². The fourth-order valence-electron chi connectivity index (χ4n) is 1.94. The predicted octanol–water partition coefficient (Wildman–Crippen LogP) is 1.98. The van der Waals surface area contributed by atoms with Crippen molar-refractivity contribution in [2.75, 3.05) is 21.1 Å². The summed E-state index contributed by atoms with van der Waals surface area (Å²) in [5.41, 5.74) is 0. The fourth-order valence-corrected chi connectivity index (χ4v) is 1.94. The normalized spacial score (nSPS) is 12.9. The van der Waals surface area contributed by atoms with Crippen molar-refractivity contribution in [3.8, 4) is 0 Å². The maximum atomic E-state index is 11.0. The van der Waals surface area contributed by atoms with E-state index in [1.165, 1.54) is 25.7 Å². The molecule has 0 aromatic rings. The summed E-state index contributed by atoms with van der Waals surface area (Å²) < 4.78 is 0.456. The van der Waals surface area contributed by atoms with E-state index >= 15 is 0 Å². The molecule has 1 atom stereocenters. The van der Waals surface area contributed by atoms with Gasteiger partial charge in [0.25, 0.3) is 0 Å². The van der Waals surface area contributed by atoms with Crippen molar-refractivity contribution in [2.24, 2.45) is 0 Å². The zero-order valence-corrected chi connectivity index (χ0v) is 12.5. The highest BCUT2D eigenvalue weighted by atomic mass is 35.5. The molecule has 0 N–H and O–H groups in total. The van der Waals surface area contributed by atoms with E-state index in [4.69, 9.17) is 0 Å². The smallest absolute Gasteiger partial charge is 0.129 e. The summed E-state index contributed by atoms with van der Waals surface area (Å²) in [6.45, 7) is 2.20. The highest BCUT2D eigenvalue weighted by molar-refractivity contribution is 5.85. The van der Waals surface area contributed by atoms with Gasteiger partial charge in [0.15, 0.2) is 0 Å². The van der Waals surface area contributed by atoms with Crippen LogP contribution < -0.4 is 5.11 Å². The van der Waals surface area contributed by atoms with E-state index < -0.39 is 5.97 Å². The third-order valence-corrected chi connectivity index (χ3v) is 3.04. The first-order valence-corrected chi connectivity index (χ1v) is 6.41. The van der Waals surface area contributed by atoms with E-state index in [0.717, 1.165) is 19.3 Å². The molecule has 0 aliphatic carbocycles. The first-order valence-electron chi connectivity index (χ1n) is 6.41. The van der Waals surface area contributed by atoms with Crippen LogP contribution in [0.5, 0.6) is 0 Å². The zero-order valence-electron chi connectivity index (χ0n) is 11.7. The van der Waals surface area contributed by atoms with Gasteiger partial charge in [0.2, 0.25) is 0 Å². The Morgan fingerprint density at radius 2 is 1.53 bits per heavy atom. The molecule has 0 rings (SSSR count). The average Bonchev–Trinajstić information content (AvgIpc) is 2.13. The Kier molecular flexibility index (Phi) is 10.9. The summed E-state index contributed by atoms with van der Waals surface area (Å²) in [5, 5.41) is 11.0. The molecular formula is C13H28ClNO2. The molecule has 104 valence electrons. The summed E-state index contributed by atoms with van der Waals surface area (Å²) >= 11 is 0. The Morgan fingerprint density at radius 3 is 1.94 bits per heavy atom. The second kappa shape index (κ2) is 9.72. The number of nitrogens with zero attached hydrogens (tertiary/aromatic N) is 1. The minimum absolute atomic E-state index is 0. The number of carboxylic acid groups (broad SMARTS) is 1. The summed E-state index contributed by atoms with van der Waals surface area (Å²) in [6.07, 6.45) is 7.92. The largest absolute Gasteiger partial charge is 0.544 e. The molecule has 0 aromatic carbocycles. The molecule has 0 fully saturated rings. The number of carbonyl (C=O) groups is 1. The van der Waals surface area contributed by atoms with Gasteiger partial charge in [0.1, 0.15) is 6.04 Å². The standard InChI is InChI=1S/C13H27NO2.ClH/c1-5-6-7-8-9-10-11-12(13(15)16)14(2,3)4;/h12H,5-11H2,1-4H3;1H. The summed E-state index contributed by atoms with van der Waals surface area (Å²) in [6, 6.07) is -0.369. The van der Waals surface area contributed by atoms with Gasteiger partial charge in [-0.15, -0.1) is 12.4 Å². The van der Waals surface area contributed by atoms with Crippen LogP contribution in [0.2, 0.25) is 0 Å². The van der Waals surface area contributed by atoms with Crippen molar-refractivity contribution in [1.82, 2.24) is 0 Å². The van der Waals surface area contributed by atoms with Crippen LogP contribution in [-0.4, -0.2) is 37.6 Å².